The van der Waals surface area contributed by atoms with Gasteiger partial charge in [0.2, 0.25) is 0 Å². The molecule has 32 heavy (non-hydrogen) atoms. The number of phenols is 1. The number of ether oxygens (including phenoxy) is 1. The van der Waals surface area contributed by atoms with Crippen molar-refractivity contribution in [1.82, 2.24) is 10.9 Å². The van der Waals surface area contributed by atoms with Crippen LogP contribution in [0.1, 0.15) is 27.6 Å². The molecule has 0 saturated heterocycles. The highest BCUT2D eigenvalue weighted by Gasteiger charge is 2.17. The largest absolute Gasteiger partial charge is 0.508 e. The predicted molar refractivity (Wildman–Crippen MR) is 118 cm³/mol. The molecule has 0 unspecified atom stereocenters. The topological polar surface area (TPSA) is 134 Å². The maximum atomic E-state index is 12.7. The molecule has 0 fully saturated rings. The molecule has 3 rings (SSSR count). The van der Waals surface area contributed by atoms with Gasteiger partial charge in [-0.2, -0.15) is 0 Å². The van der Waals surface area contributed by atoms with Crippen molar-refractivity contribution in [2.75, 3.05) is 11.3 Å². The summed E-state index contributed by atoms with van der Waals surface area (Å²) in [5.74, 6) is -0.837. The van der Waals surface area contributed by atoms with E-state index in [0.717, 1.165) is 0 Å². The Morgan fingerprint density at radius 2 is 1.47 bits per heavy atom. The van der Waals surface area contributed by atoms with Gasteiger partial charge in [-0.05, 0) is 67.6 Å². The summed E-state index contributed by atoms with van der Waals surface area (Å²) in [5.41, 5.74) is 4.92. The lowest BCUT2D eigenvalue weighted by Crippen LogP contribution is -2.41. The number of carbonyl (C=O) groups excluding carboxylic acids is 2. The third-order valence-corrected chi connectivity index (χ3v) is 5.60. The summed E-state index contributed by atoms with van der Waals surface area (Å²) in [6, 6.07) is 17.4. The highest BCUT2D eigenvalue weighted by molar-refractivity contribution is 7.92. The molecule has 0 atom stereocenters. The highest BCUT2D eigenvalue weighted by atomic mass is 32.2. The number of benzene rings is 3. The molecule has 2 amide bonds. The lowest BCUT2D eigenvalue weighted by atomic mass is 10.2. The minimum atomic E-state index is -3.96. The quantitative estimate of drug-likeness (QED) is 0.405. The summed E-state index contributed by atoms with van der Waals surface area (Å²) in [7, 11) is -3.96. The van der Waals surface area contributed by atoms with Gasteiger partial charge in [0.25, 0.3) is 21.8 Å². The van der Waals surface area contributed by atoms with Gasteiger partial charge in [-0.3, -0.25) is 25.2 Å². The van der Waals surface area contributed by atoms with E-state index in [1.165, 1.54) is 48.5 Å². The Morgan fingerprint density at radius 3 is 2.06 bits per heavy atom. The molecule has 3 aromatic rings. The van der Waals surface area contributed by atoms with E-state index in [1.807, 2.05) is 6.92 Å². The van der Waals surface area contributed by atoms with Crippen molar-refractivity contribution in [3.8, 4) is 11.5 Å². The van der Waals surface area contributed by atoms with Crippen molar-refractivity contribution in [1.29, 1.82) is 0 Å². The molecule has 0 aliphatic heterocycles. The van der Waals surface area contributed by atoms with Gasteiger partial charge in [-0.15, -0.1) is 0 Å². The van der Waals surface area contributed by atoms with Crippen LogP contribution in [-0.2, 0) is 10.0 Å². The van der Waals surface area contributed by atoms with Gasteiger partial charge in [0, 0.05) is 16.8 Å². The molecule has 0 aliphatic rings. The first-order valence-electron chi connectivity index (χ1n) is 9.54. The van der Waals surface area contributed by atoms with E-state index in [-0.39, 0.29) is 21.8 Å². The van der Waals surface area contributed by atoms with Crippen LogP contribution in [0.15, 0.2) is 77.7 Å². The molecule has 0 bridgehead atoms. The molecule has 10 heteroatoms. The number of hydrogen-bond donors (Lipinski definition) is 4. The van der Waals surface area contributed by atoms with Gasteiger partial charge >= 0.3 is 0 Å². The SMILES string of the molecule is CCOc1ccc(NS(=O)(=O)c2cccc(C(=O)NNC(=O)c3cccc(O)c3)c2)cc1. The zero-order chi connectivity index (χ0) is 23.1. The Bertz CT molecular complexity index is 1230. The van der Waals surface area contributed by atoms with Crippen molar-refractivity contribution >= 4 is 27.5 Å². The van der Waals surface area contributed by atoms with E-state index in [4.69, 9.17) is 4.74 Å². The van der Waals surface area contributed by atoms with Crippen LogP contribution in [0.4, 0.5) is 5.69 Å². The average molecular weight is 455 g/mol. The van der Waals surface area contributed by atoms with Crippen LogP contribution in [0.3, 0.4) is 0 Å². The van der Waals surface area contributed by atoms with Crippen molar-refractivity contribution in [3.63, 3.8) is 0 Å². The standard InChI is InChI=1S/C22H21N3O6S/c1-2-31-19-11-9-17(10-12-19)25-32(29,30)20-8-4-6-16(14-20)22(28)24-23-21(27)15-5-3-7-18(26)13-15/h3-14,25-26H,2H2,1H3,(H,23,27)(H,24,28). The van der Waals surface area contributed by atoms with Crippen LogP contribution in [0, 0.1) is 0 Å². The number of hydrogen-bond acceptors (Lipinski definition) is 6. The lowest BCUT2D eigenvalue weighted by Gasteiger charge is -2.11. The molecule has 3 aromatic carbocycles. The molecule has 0 aromatic heterocycles. The Kier molecular flexibility index (Phi) is 6.96. The van der Waals surface area contributed by atoms with Crippen LogP contribution >= 0.6 is 0 Å². The van der Waals surface area contributed by atoms with Gasteiger partial charge < -0.3 is 9.84 Å². The molecule has 0 radical (unpaired) electrons. The number of amides is 2. The predicted octanol–water partition coefficient (Wildman–Crippen LogP) is 2.67. The fourth-order valence-corrected chi connectivity index (χ4v) is 3.81. The number of rotatable bonds is 7. The fraction of sp³-hybridized carbons (Fsp3) is 0.0909. The maximum absolute atomic E-state index is 12.7. The zero-order valence-electron chi connectivity index (χ0n) is 17.0. The van der Waals surface area contributed by atoms with Crippen molar-refractivity contribution < 1.29 is 27.9 Å². The number of nitrogens with one attached hydrogen (secondary N) is 3. The van der Waals surface area contributed by atoms with Gasteiger partial charge in [-0.1, -0.05) is 12.1 Å². The normalized spacial score (nSPS) is 10.8. The molecule has 0 aliphatic carbocycles. The first kappa shape index (κ1) is 22.6. The first-order chi connectivity index (χ1) is 15.3. The summed E-state index contributed by atoms with van der Waals surface area (Å²) < 4.78 is 33.2. The average Bonchev–Trinajstić information content (AvgIpc) is 2.78. The lowest BCUT2D eigenvalue weighted by molar-refractivity contribution is 0.0846. The number of carbonyl (C=O) groups is 2. The highest BCUT2D eigenvalue weighted by Crippen LogP contribution is 2.20. The van der Waals surface area contributed by atoms with Gasteiger partial charge in [-0.25, -0.2) is 8.42 Å². The van der Waals surface area contributed by atoms with Crippen LogP contribution in [0.5, 0.6) is 11.5 Å². The van der Waals surface area contributed by atoms with Crippen LogP contribution < -0.4 is 20.3 Å². The van der Waals surface area contributed by atoms with Crippen LogP contribution in [-0.4, -0.2) is 31.9 Å². The van der Waals surface area contributed by atoms with Gasteiger partial charge in [0.1, 0.15) is 11.5 Å². The van der Waals surface area contributed by atoms with E-state index < -0.39 is 21.8 Å². The van der Waals surface area contributed by atoms with Crippen molar-refractivity contribution in [2.24, 2.45) is 0 Å². The first-order valence-corrected chi connectivity index (χ1v) is 11.0. The van der Waals surface area contributed by atoms with Crippen LogP contribution in [0.2, 0.25) is 0 Å². The second-order valence-corrected chi connectivity index (χ2v) is 8.23. The summed E-state index contributed by atoms with van der Waals surface area (Å²) in [5, 5.41) is 9.43. The van der Waals surface area contributed by atoms with Gasteiger partial charge in [0.05, 0.1) is 11.5 Å². The molecule has 166 valence electrons. The van der Waals surface area contributed by atoms with E-state index in [0.29, 0.717) is 18.0 Å². The van der Waals surface area contributed by atoms with E-state index >= 15 is 0 Å². The smallest absolute Gasteiger partial charge is 0.269 e. The maximum Gasteiger partial charge on any atom is 0.269 e. The summed E-state index contributed by atoms with van der Waals surface area (Å²) in [4.78, 5) is 24.3. The number of phenolic OH excluding ortho intramolecular Hbond substituents is 1. The number of hydrazine groups is 1. The Labute approximate surface area is 185 Å². The molecular formula is C22H21N3O6S. The molecule has 4 N–H and O–H groups in total. The second kappa shape index (κ2) is 9.84. The van der Waals surface area contributed by atoms with E-state index in [9.17, 15) is 23.1 Å². The Hall–Kier alpha value is -4.05. The number of aromatic hydroxyl groups is 1. The molecule has 0 heterocycles. The minimum Gasteiger partial charge on any atom is -0.508 e. The third kappa shape index (κ3) is 5.76. The molecule has 0 saturated carbocycles. The van der Waals surface area contributed by atoms with Gasteiger partial charge in [0.15, 0.2) is 0 Å². The molecule has 0 spiro atoms. The Balaban J connectivity index is 1.68. The van der Waals surface area contributed by atoms with E-state index in [1.54, 1.807) is 24.3 Å². The van der Waals surface area contributed by atoms with Crippen LogP contribution in [0.25, 0.3) is 0 Å². The Morgan fingerprint density at radius 1 is 0.875 bits per heavy atom. The molecular weight excluding hydrogens is 434 g/mol. The number of sulfonamides is 1. The number of anilines is 1. The van der Waals surface area contributed by atoms with Crippen molar-refractivity contribution in [2.45, 2.75) is 11.8 Å². The summed E-state index contributed by atoms with van der Waals surface area (Å²) >= 11 is 0. The third-order valence-electron chi connectivity index (χ3n) is 4.22. The van der Waals surface area contributed by atoms with E-state index in [2.05, 4.69) is 15.6 Å². The summed E-state index contributed by atoms with van der Waals surface area (Å²) in [6.07, 6.45) is 0. The van der Waals surface area contributed by atoms with Crippen molar-refractivity contribution in [3.05, 3.63) is 83.9 Å². The fourth-order valence-electron chi connectivity index (χ4n) is 2.71. The summed E-state index contributed by atoms with van der Waals surface area (Å²) in [6.45, 7) is 2.34. The minimum absolute atomic E-state index is 0.0239. The zero-order valence-corrected chi connectivity index (χ0v) is 17.8. The second-order valence-electron chi connectivity index (χ2n) is 6.55. The molecule has 9 nitrogen and oxygen atoms in total. The monoisotopic (exact) mass is 455 g/mol.